The van der Waals surface area contributed by atoms with E-state index >= 15 is 0 Å². The van der Waals surface area contributed by atoms with E-state index in [4.69, 9.17) is 0 Å². The van der Waals surface area contributed by atoms with Crippen LogP contribution < -0.4 is 0 Å². The average Bonchev–Trinajstić information content (AvgIpc) is 2.40. The second-order valence-corrected chi connectivity index (χ2v) is 5.26. The molecule has 0 saturated heterocycles. The van der Waals surface area contributed by atoms with Gasteiger partial charge < -0.3 is 0 Å². The molecule has 18 heavy (non-hydrogen) atoms. The van der Waals surface area contributed by atoms with E-state index in [1.807, 2.05) is 12.3 Å². The Morgan fingerprint density at radius 1 is 1.00 bits per heavy atom. The molecule has 0 spiro atoms. The van der Waals surface area contributed by atoms with Gasteiger partial charge in [-0.05, 0) is 35.6 Å². The summed E-state index contributed by atoms with van der Waals surface area (Å²) in [6.07, 6.45) is 2.92. The molecule has 0 radical (unpaired) electrons. The first-order valence-corrected chi connectivity index (χ1v) is 6.66. The molecule has 0 aliphatic carbocycles. The lowest BCUT2D eigenvalue weighted by Gasteiger charge is -2.13. The van der Waals surface area contributed by atoms with Gasteiger partial charge in [-0.2, -0.15) is 0 Å². The van der Waals surface area contributed by atoms with Crippen LogP contribution >= 0.6 is 0 Å². The van der Waals surface area contributed by atoms with Crippen LogP contribution in [0.25, 0.3) is 0 Å². The zero-order valence-electron chi connectivity index (χ0n) is 11.4. The van der Waals surface area contributed by atoms with E-state index in [-0.39, 0.29) is 0 Å². The Bertz CT molecular complexity index is 488. The van der Waals surface area contributed by atoms with Gasteiger partial charge in [0.1, 0.15) is 0 Å². The summed E-state index contributed by atoms with van der Waals surface area (Å²) in [6, 6.07) is 15.0. The first kappa shape index (κ1) is 12.8. The van der Waals surface area contributed by atoms with Crippen molar-refractivity contribution in [2.45, 2.75) is 39.0 Å². The number of rotatable bonds is 4. The predicted molar refractivity (Wildman–Crippen MR) is 76.9 cm³/mol. The van der Waals surface area contributed by atoms with Crippen LogP contribution in [0.15, 0.2) is 48.7 Å². The van der Waals surface area contributed by atoms with Gasteiger partial charge in [-0.25, -0.2) is 0 Å². The maximum absolute atomic E-state index is 4.43. The van der Waals surface area contributed by atoms with E-state index in [0.717, 1.165) is 6.42 Å². The fourth-order valence-electron chi connectivity index (χ4n) is 2.20. The molecular formula is C17H21N. The number of hydrogen-bond acceptors (Lipinski definition) is 1. The highest BCUT2D eigenvalue weighted by atomic mass is 14.7. The van der Waals surface area contributed by atoms with Crippen molar-refractivity contribution in [1.29, 1.82) is 0 Å². The van der Waals surface area contributed by atoms with E-state index in [1.165, 1.54) is 16.8 Å². The summed E-state index contributed by atoms with van der Waals surface area (Å²) in [5.74, 6) is 1.06. The molecule has 0 amide bonds. The molecule has 2 aromatic rings. The molecule has 1 nitrogen and oxygen atoms in total. The molecule has 1 heterocycles. The second kappa shape index (κ2) is 5.81. The van der Waals surface area contributed by atoms with Gasteiger partial charge >= 0.3 is 0 Å². The molecule has 0 aliphatic rings. The Kier molecular flexibility index (Phi) is 4.14. The van der Waals surface area contributed by atoms with Gasteiger partial charge in [0.2, 0.25) is 0 Å². The van der Waals surface area contributed by atoms with Crippen LogP contribution in [0.2, 0.25) is 0 Å². The lowest BCUT2D eigenvalue weighted by atomic mass is 9.94. The fraction of sp³-hybridized carbons (Fsp3) is 0.353. The van der Waals surface area contributed by atoms with Crippen LogP contribution in [0.1, 0.15) is 49.4 Å². The Hall–Kier alpha value is -1.63. The number of nitrogens with zero attached hydrogens (tertiary/aromatic N) is 1. The van der Waals surface area contributed by atoms with E-state index < -0.39 is 0 Å². The maximum atomic E-state index is 4.43. The number of aromatic nitrogens is 1. The highest BCUT2D eigenvalue weighted by molar-refractivity contribution is 5.27. The van der Waals surface area contributed by atoms with Gasteiger partial charge in [-0.1, -0.05) is 51.1 Å². The molecule has 1 unspecified atom stereocenters. The van der Waals surface area contributed by atoms with Gasteiger partial charge in [0.05, 0.1) is 0 Å². The standard InChI is InChI=1S/C17H21N/c1-13(2)16-8-6-7-15(12-16)11-14(3)17-9-4-5-10-18-17/h4-10,12-14H,11H2,1-3H3. The third-order valence-corrected chi connectivity index (χ3v) is 3.35. The summed E-state index contributed by atoms with van der Waals surface area (Å²) in [5, 5.41) is 0. The first-order chi connectivity index (χ1) is 8.66. The van der Waals surface area contributed by atoms with Crippen molar-refractivity contribution in [1.82, 2.24) is 4.98 Å². The zero-order valence-corrected chi connectivity index (χ0v) is 11.4. The third-order valence-electron chi connectivity index (χ3n) is 3.35. The van der Waals surface area contributed by atoms with E-state index in [0.29, 0.717) is 11.8 Å². The largest absolute Gasteiger partial charge is 0.261 e. The Morgan fingerprint density at radius 3 is 2.50 bits per heavy atom. The maximum Gasteiger partial charge on any atom is 0.0435 e. The van der Waals surface area contributed by atoms with Crippen LogP contribution in [0.3, 0.4) is 0 Å². The van der Waals surface area contributed by atoms with E-state index in [1.54, 1.807) is 0 Å². The van der Waals surface area contributed by atoms with Crippen molar-refractivity contribution in [2.75, 3.05) is 0 Å². The van der Waals surface area contributed by atoms with Crippen molar-refractivity contribution in [3.05, 3.63) is 65.5 Å². The average molecular weight is 239 g/mol. The van der Waals surface area contributed by atoms with Gasteiger partial charge in [0, 0.05) is 17.8 Å². The molecule has 0 saturated carbocycles. The molecule has 1 heteroatoms. The van der Waals surface area contributed by atoms with E-state index in [2.05, 4.69) is 62.2 Å². The van der Waals surface area contributed by atoms with E-state index in [9.17, 15) is 0 Å². The van der Waals surface area contributed by atoms with Crippen molar-refractivity contribution in [3.8, 4) is 0 Å². The quantitative estimate of drug-likeness (QED) is 0.762. The van der Waals surface area contributed by atoms with Gasteiger partial charge in [-0.15, -0.1) is 0 Å². The van der Waals surface area contributed by atoms with Crippen LogP contribution in [0.5, 0.6) is 0 Å². The van der Waals surface area contributed by atoms with Crippen molar-refractivity contribution >= 4 is 0 Å². The highest BCUT2D eigenvalue weighted by Crippen LogP contribution is 2.21. The normalized spacial score (nSPS) is 12.7. The molecule has 1 aromatic carbocycles. The minimum atomic E-state index is 0.466. The summed E-state index contributed by atoms with van der Waals surface area (Å²) in [6.45, 7) is 6.72. The van der Waals surface area contributed by atoms with Crippen LogP contribution in [-0.2, 0) is 6.42 Å². The molecule has 94 valence electrons. The topological polar surface area (TPSA) is 12.9 Å². The summed E-state index contributed by atoms with van der Waals surface area (Å²) < 4.78 is 0. The Morgan fingerprint density at radius 2 is 1.83 bits per heavy atom. The van der Waals surface area contributed by atoms with Gasteiger partial charge in [-0.3, -0.25) is 4.98 Å². The Labute approximate surface area is 110 Å². The van der Waals surface area contributed by atoms with Crippen LogP contribution in [0.4, 0.5) is 0 Å². The summed E-state index contributed by atoms with van der Waals surface area (Å²) in [7, 11) is 0. The van der Waals surface area contributed by atoms with Crippen LogP contribution in [0, 0.1) is 0 Å². The lowest BCUT2D eigenvalue weighted by Crippen LogP contribution is -2.01. The monoisotopic (exact) mass is 239 g/mol. The SMILES string of the molecule is CC(C)c1cccc(CC(C)c2ccccn2)c1. The summed E-state index contributed by atoms with van der Waals surface area (Å²) in [4.78, 5) is 4.43. The van der Waals surface area contributed by atoms with Gasteiger partial charge in [0.15, 0.2) is 0 Å². The molecule has 2 rings (SSSR count). The lowest BCUT2D eigenvalue weighted by molar-refractivity contribution is 0.728. The second-order valence-electron chi connectivity index (χ2n) is 5.26. The Balaban J connectivity index is 2.12. The summed E-state index contributed by atoms with van der Waals surface area (Å²) >= 11 is 0. The molecule has 1 atom stereocenters. The minimum Gasteiger partial charge on any atom is -0.261 e. The van der Waals surface area contributed by atoms with Crippen LogP contribution in [-0.4, -0.2) is 4.98 Å². The number of hydrogen-bond donors (Lipinski definition) is 0. The molecule has 0 N–H and O–H groups in total. The molecule has 0 aliphatic heterocycles. The molecular weight excluding hydrogens is 218 g/mol. The minimum absolute atomic E-state index is 0.466. The molecule has 0 bridgehead atoms. The van der Waals surface area contributed by atoms with Crippen molar-refractivity contribution in [2.24, 2.45) is 0 Å². The fourth-order valence-corrected chi connectivity index (χ4v) is 2.20. The molecule has 1 aromatic heterocycles. The number of benzene rings is 1. The number of pyridine rings is 1. The van der Waals surface area contributed by atoms with Crippen molar-refractivity contribution in [3.63, 3.8) is 0 Å². The van der Waals surface area contributed by atoms with Gasteiger partial charge in [0.25, 0.3) is 0 Å². The van der Waals surface area contributed by atoms with Crippen molar-refractivity contribution < 1.29 is 0 Å². The highest BCUT2D eigenvalue weighted by Gasteiger charge is 2.08. The zero-order chi connectivity index (χ0) is 13.0. The predicted octanol–water partition coefficient (Wildman–Crippen LogP) is 4.55. The molecule has 0 fully saturated rings. The summed E-state index contributed by atoms with van der Waals surface area (Å²) in [5.41, 5.74) is 3.99. The third kappa shape index (κ3) is 3.19. The smallest absolute Gasteiger partial charge is 0.0435 e. The first-order valence-electron chi connectivity index (χ1n) is 6.66.